The fourth-order valence-electron chi connectivity index (χ4n) is 3.98. The molecule has 144 valence electrons. The molecule has 1 aliphatic carbocycles. The molecule has 0 amide bonds. The molecule has 2 N–H and O–H groups in total. The summed E-state index contributed by atoms with van der Waals surface area (Å²) in [5, 5.41) is 10.2. The van der Waals surface area contributed by atoms with Crippen molar-refractivity contribution in [1.29, 1.82) is 0 Å². The summed E-state index contributed by atoms with van der Waals surface area (Å²) in [4.78, 5) is 28.6. The van der Waals surface area contributed by atoms with Crippen LogP contribution in [0.2, 0.25) is 0 Å². The van der Waals surface area contributed by atoms with Crippen LogP contribution in [0.4, 0.5) is 4.39 Å². The van der Waals surface area contributed by atoms with Crippen LogP contribution in [0.3, 0.4) is 0 Å². The second kappa shape index (κ2) is 5.96. The second-order valence-corrected chi connectivity index (χ2v) is 7.68. The maximum absolute atomic E-state index is 13.7. The standard InChI is InChI=1S/C19H19FN6O2/c1-19(28)6-4-12(5-7-19)26-17-13(23-18(26)27)8-22-16(24-17)14-9-21-15-3-2-11(20)10-25(14)15/h2-3,8-10,12,28H,4-7H2,1H3,(H,23,27)/t12-,19-. The molecule has 0 unspecified atom stereocenters. The van der Waals surface area contributed by atoms with E-state index >= 15 is 0 Å². The number of H-pyrrole nitrogens is 1. The van der Waals surface area contributed by atoms with E-state index in [1.54, 1.807) is 27.4 Å². The number of hydrogen-bond donors (Lipinski definition) is 2. The first kappa shape index (κ1) is 17.1. The highest BCUT2D eigenvalue weighted by Gasteiger charge is 2.31. The Hall–Kier alpha value is -3.07. The summed E-state index contributed by atoms with van der Waals surface area (Å²) in [5.74, 6) is -0.0261. The fraction of sp³-hybridized carbons (Fsp3) is 0.368. The minimum atomic E-state index is -0.688. The molecular formula is C19H19FN6O2. The van der Waals surface area contributed by atoms with Crippen LogP contribution >= 0.6 is 0 Å². The molecule has 1 fully saturated rings. The number of aromatic nitrogens is 6. The zero-order chi connectivity index (χ0) is 19.5. The maximum Gasteiger partial charge on any atom is 0.327 e. The Balaban J connectivity index is 1.63. The zero-order valence-electron chi connectivity index (χ0n) is 15.3. The lowest BCUT2D eigenvalue weighted by molar-refractivity contribution is 0.00997. The van der Waals surface area contributed by atoms with Gasteiger partial charge in [-0.3, -0.25) is 8.97 Å². The quantitative estimate of drug-likeness (QED) is 0.555. The van der Waals surface area contributed by atoms with E-state index in [0.717, 1.165) is 0 Å². The smallest absolute Gasteiger partial charge is 0.327 e. The number of pyridine rings is 1. The molecule has 8 nitrogen and oxygen atoms in total. The number of nitrogens with zero attached hydrogens (tertiary/aromatic N) is 5. The summed E-state index contributed by atoms with van der Waals surface area (Å²) in [7, 11) is 0. The van der Waals surface area contributed by atoms with Gasteiger partial charge in [-0.05, 0) is 44.7 Å². The van der Waals surface area contributed by atoms with Crippen LogP contribution in [0, 0.1) is 5.82 Å². The van der Waals surface area contributed by atoms with E-state index in [4.69, 9.17) is 0 Å². The van der Waals surface area contributed by atoms with E-state index in [1.165, 1.54) is 12.3 Å². The van der Waals surface area contributed by atoms with E-state index in [-0.39, 0.29) is 17.5 Å². The highest BCUT2D eigenvalue weighted by atomic mass is 19.1. The summed E-state index contributed by atoms with van der Waals surface area (Å²) < 4.78 is 16.9. The molecule has 1 aliphatic rings. The van der Waals surface area contributed by atoms with Crippen LogP contribution in [0.15, 0.2) is 35.5 Å². The predicted octanol–water partition coefficient (Wildman–Crippen LogP) is 2.44. The van der Waals surface area contributed by atoms with Crippen molar-refractivity contribution in [2.75, 3.05) is 0 Å². The van der Waals surface area contributed by atoms with Gasteiger partial charge in [-0.1, -0.05) is 0 Å². The number of hydrogen-bond acceptors (Lipinski definition) is 5. The van der Waals surface area contributed by atoms with Crippen molar-refractivity contribution in [3.8, 4) is 11.5 Å². The molecule has 5 rings (SSSR count). The Morgan fingerprint density at radius 1 is 1.25 bits per heavy atom. The van der Waals surface area contributed by atoms with Gasteiger partial charge in [-0.25, -0.2) is 24.1 Å². The summed E-state index contributed by atoms with van der Waals surface area (Å²) in [6.45, 7) is 1.82. The van der Waals surface area contributed by atoms with Gasteiger partial charge in [0, 0.05) is 12.2 Å². The number of fused-ring (bicyclic) bond motifs is 2. The average Bonchev–Trinajstić information content (AvgIpc) is 3.21. The van der Waals surface area contributed by atoms with Crippen LogP contribution in [0.25, 0.3) is 28.3 Å². The van der Waals surface area contributed by atoms with Crippen molar-refractivity contribution >= 4 is 16.8 Å². The van der Waals surface area contributed by atoms with Gasteiger partial charge >= 0.3 is 5.69 Å². The van der Waals surface area contributed by atoms with Crippen LogP contribution in [-0.2, 0) is 0 Å². The van der Waals surface area contributed by atoms with Gasteiger partial charge in [0.25, 0.3) is 0 Å². The minimum Gasteiger partial charge on any atom is -0.390 e. The number of aliphatic hydroxyl groups is 1. The summed E-state index contributed by atoms with van der Waals surface area (Å²) in [6, 6.07) is 2.89. The number of rotatable bonds is 2. The van der Waals surface area contributed by atoms with E-state index < -0.39 is 5.60 Å². The molecule has 4 heterocycles. The summed E-state index contributed by atoms with van der Waals surface area (Å²) in [6.07, 6.45) is 7.12. The fourth-order valence-corrected chi connectivity index (χ4v) is 3.98. The van der Waals surface area contributed by atoms with E-state index in [2.05, 4.69) is 19.9 Å². The zero-order valence-corrected chi connectivity index (χ0v) is 15.3. The van der Waals surface area contributed by atoms with Crippen molar-refractivity contribution in [2.24, 2.45) is 0 Å². The monoisotopic (exact) mass is 382 g/mol. The molecule has 0 aromatic carbocycles. The van der Waals surface area contributed by atoms with Gasteiger partial charge in [-0.2, -0.15) is 0 Å². The van der Waals surface area contributed by atoms with Crippen molar-refractivity contribution in [1.82, 2.24) is 28.9 Å². The molecule has 0 saturated heterocycles. The predicted molar refractivity (Wildman–Crippen MR) is 100 cm³/mol. The van der Waals surface area contributed by atoms with E-state index in [1.807, 2.05) is 6.92 Å². The second-order valence-electron chi connectivity index (χ2n) is 7.68. The number of nitrogens with one attached hydrogen (secondary N) is 1. The molecule has 1 saturated carbocycles. The highest BCUT2D eigenvalue weighted by Crippen LogP contribution is 2.35. The van der Waals surface area contributed by atoms with Crippen molar-refractivity contribution in [3.05, 3.63) is 47.0 Å². The topological polar surface area (TPSA) is 101 Å². The molecule has 0 radical (unpaired) electrons. The molecule has 9 heteroatoms. The van der Waals surface area contributed by atoms with Gasteiger partial charge < -0.3 is 10.1 Å². The molecule has 4 aromatic rings. The maximum atomic E-state index is 13.7. The van der Waals surface area contributed by atoms with E-state index in [0.29, 0.717) is 54.0 Å². The van der Waals surface area contributed by atoms with Crippen molar-refractivity contribution in [3.63, 3.8) is 0 Å². The first-order chi connectivity index (χ1) is 13.4. The molecule has 0 spiro atoms. The molecule has 0 atom stereocenters. The lowest BCUT2D eigenvalue weighted by Crippen LogP contribution is -2.34. The lowest BCUT2D eigenvalue weighted by Gasteiger charge is -2.33. The molecule has 0 aliphatic heterocycles. The Kier molecular flexibility index (Phi) is 3.63. The molecule has 4 aromatic heterocycles. The highest BCUT2D eigenvalue weighted by molar-refractivity contribution is 5.72. The molecular weight excluding hydrogens is 363 g/mol. The third-order valence-electron chi connectivity index (χ3n) is 5.55. The van der Waals surface area contributed by atoms with Gasteiger partial charge in [0.05, 0.1) is 18.0 Å². The SMILES string of the molecule is C[C@]1(O)CC[C@H](n2c(=O)[nH]c3cnc(-c4cnc5ccc(F)cn45)nc32)CC1. The average molecular weight is 382 g/mol. The number of halogens is 1. The van der Waals surface area contributed by atoms with Crippen LogP contribution in [0.5, 0.6) is 0 Å². The Morgan fingerprint density at radius 3 is 2.82 bits per heavy atom. The van der Waals surface area contributed by atoms with Crippen LogP contribution < -0.4 is 5.69 Å². The molecule has 0 bridgehead atoms. The minimum absolute atomic E-state index is 0.0381. The van der Waals surface area contributed by atoms with Crippen LogP contribution in [0.1, 0.15) is 38.6 Å². The van der Waals surface area contributed by atoms with Crippen molar-refractivity contribution < 1.29 is 9.50 Å². The van der Waals surface area contributed by atoms with Gasteiger partial charge in [0.1, 0.15) is 22.7 Å². The first-order valence-electron chi connectivity index (χ1n) is 9.24. The Morgan fingerprint density at radius 2 is 2.04 bits per heavy atom. The first-order valence-corrected chi connectivity index (χ1v) is 9.24. The summed E-state index contributed by atoms with van der Waals surface area (Å²) in [5.41, 5.74) is 1.26. The third kappa shape index (κ3) is 2.70. The lowest BCUT2D eigenvalue weighted by atomic mass is 9.83. The largest absolute Gasteiger partial charge is 0.390 e. The van der Waals surface area contributed by atoms with Gasteiger partial charge in [0.15, 0.2) is 11.5 Å². The normalized spacial score (nSPS) is 22.9. The summed E-state index contributed by atoms with van der Waals surface area (Å²) >= 11 is 0. The van der Waals surface area contributed by atoms with Gasteiger partial charge in [0.2, 0.25) is 0 Å². The molecule has 28 heavy (non-hydrogen) atoms. The van der Waals surface area contributed by atoms with Crippen LogP contribution in [-0.4, -0.2) is 39.6 Å². The Bertz CT molecular complexity index is 1240. The Labute approximate surface area is 158 Å². The number of aromatic amines is 1. The number of imidazole rings is 2. The van der Waals surface area contributed by atoms with Crippen molar-refractivity contribution in [2.45, 2.75) is 44.2 Å². The van der Waals surface area contributed by atoms with E-state index in [9.17, 15) is 14.3 Å². The third-order valence-corrected chi connectivity index (χ3v) is 5.55. The van der Waals surface area contributed by atoms with Gasteiger partial charge in [-0.15, -0.1) is 0 Å².